The molecule has 0 fully saturated rings. The molecule has 1 N–H and O–H groups in total. The predicted molar refractivity (Wildman–Crippen MR) is 93.9 cm³/mol. The second-order valence-corrected chi connectivity index (χ2v) is 7.60. The van der Waals surface area contributed by atoms with Gasteiger partial charge in [-0.2, -0.15) is 0 Å². The quantitative estimate of drug-likeness (QED) is 0.524. The zero-order valence-electron chi connectivity index (χ0n) is 15.7. The average Bonchev–Trinajstić information content (AvgIpc) is 2.40. The van der Waals surface area contributed by atoms with E-state index in [1.54, 1.807) is 7.11 Å². The fourth-order valence-corrected chi connectivity index (χ4v) is 2.41. The summed E-state index contributed by atoms with van der Waals surface area (Å²) in [5.74, 6) is 0.829. The normalized spacial score (nSPS) is 14.1. The molecule has 0 heterocycles. The van der Waals surface area contributed by atoms with Gasteiger partial charge in [-0.1, -0.05) is 27.7 Å². The highest BCUT2D eigenvalue weighted by Gasteiger charge is 2.24. The molecule has 0 aromatic heterocycles. The molecule has 128 valence electrons. The summed E-state index contributed by atoms with van der Waals surface area (Å²) in [6.45, 7) is 15.9. The van der Waals surface area contributed by atoms with Crippen LogP contribution in [0.25, 0.3) is 0 Å². The molecule has 0 radical (unpaired) electrons. The number of nitrogens with one attached hydrogen (secondary N) is 1. The Balaban J connectivity index is 3.69. The molecule has 1 unspecified atom stereocenters. The van der Waals surface area contributed by atoms with E-state index >= 15 is 0 Å². The largest absolute Gasteiger partial charge is 0.385 e. The minimum atomic E-state index is 0.291. The molecule has 0 bridgehead atoms. The van der Waals surface area contributed by atoms with Crippen molar-refractivity contribution >= 4 is 0 Å². The van der Waals surface area contributed by atoms with Crippen molar-refractivity contribution < 1.29 is 4.74 Å². The Kier molecular flexibility index (Phi) is 11.4. The predicted octanol–water partition coefficient (Wildman–Crippen LogP) is 3.79. The van der Waals surface area contributed by atoms with Gasteiger partial charge in [0, 0.05) is 19.8 Å². The zero-order valence-corrected chi connectivity index (χ0v) is 15.7. The van der Waals surface area contributed by atoms with Crippen molar-refractivity contribution in [1.82, 2.24) is 10.2 Å². The van der Waals surface area contributed by atoms with Gasteiger partial charge < -0.3 is 15.0 Å². The molecule has 1 atom stereocenters. The standard InChI is InChI=1S/C18H40N2O/c1-16(2)10-8-13-20(6)14-9-12-19-17(3)18(4,5)11-15-21-7/h16-17,19H,8-15H2,1-7H3. The molecule has 0 aromatic rings. The molecule has 3 heteroatoms. The second kappa shape index (κ2) is 11.4. The molecule has 0 aromatic carbocycles. The molecule has 0 amide bonds. The Morgan fingerprint density at radius 1 is 1.10 bits per heavy atom. The molecular formula is C18H40N2O. The monoisotopic (exact) mass is 300 g/mol. The zero-order chi connectivity index (χ0) is 16.3. The highest BCUT2D eigenvalue weighted by molar-refractivity contribution is 4.80. The fraction of sp³-hybridized carbons (Fsp3) is 1.00. The molecule has 0 aliphatic carbocycles. The van der Waals surface area contributed by atoms with Gasteiger partial charge in [0.2, 0.25) is 0 Å². The van der Waals surface area contributed by atoms with Crippen molar-refractivity contribution in [1.29, 1.82) is 0 Å². The lowest BCUT2D eigenvalue weighted by Crippen LogP contribution is -2.41. The van der Waals surface area contributed by atoms with E-state index in [0.717, 1.165) is 25.5 Å². The summed E-state index contributed by atoms with van der Waals surface area (Å²) in [5, 5.41) is 3.68. The number of methoxy groups -OCH3 is 1. The Morgan fingerprint density at radius 3 is 2.29 bits per heavy atom. The van der Waals surface area contributed by atoms with Gasteiger partial charge in [-0.05, 0) is 70.6 Å². The Morgan fingerprint density at radius 2 is 1.71 bits per heavy atom. The van der Waals surface area contributed by atoms with Crippen LogP contribution in [-0.2, 0) is 4.74 Å². The first-order chi connectivity index (χ1) is 9.79. The first-order valence-electron chi connectivity index (χ1n) is 8.70. The molecule has 0 saturated heterocycles. The fourth-order valence-electron chi connectivity index (χ4n) is 2.41. The van der Waals surface area contributed by atoms with Crippen LogP contribution in [0.1, 0.15) is 60.3 Å². The van der Waals surface area contributed by atoms with E-state index in [2.05, 4.69) is 51.9 Å². The summed E-state index contributed by atoms with van der Waals surface area (Å²) in [5.41, 5.74) is 0.291. The van der Waals surface area contributed by atoms with Gasteiger partial charge in [-0.3, -0.25) is 0 Å². The number of rotatable bonds is 13. The van der Waals surface area contributed by atoms with E-state index in [1.165, 1.54) is 32.4 Å². The third-order valence-corrected chi connectivity index (χ3v) is 4.61. The summed E-state index contributed by atoms with van der Waals surface area (Å²) in [6, 6.07) is 0.527. The SMILES string of the molecule is COCCC(C)(C)C(C)NCCCN(C)CCCC(C)C. The minimum Gasteiger partial charge on any atom is -0.385 e. The van der Waals surface area contributed by atoms with Crippen LogP contribution in [0.5, 0.6) is 0 Å². The Bertz CT molecular complexity index is 241. The van der Waals surface area contributed by atoms with Crippen molar-refractivity contribution in [2.24, 2.45) is 11.3 Å². The summed E-state index contributed by atoms with van der Waals surface area (Å²) >= 11 is 0. The van der Waals surface area contributed by atoms with Crippen molar-refractivity contribution in [2.45, 2.75) is 66.3 Å². The van der Waals surface area contributed by atoms with Gasteiger partial charge in [0.05, 0.1) is 0 Å². The number of hydrogen-bond donors (Lipinski definition) is 1. The Labute approximate surface area is 133 Å². The lowest BCUT2D eigenvalue weighted by atomic mass is 9.82. The van der Waals surface area contributed by atoms with E-state index in [1.807, 2.05) is 0 Å². The summed E-state index contributed by atoms with van der Waals surface area (Å²) in [4.78, 5) is 2.46. The first kappa shape index (κ1) is 20.9. The molecular weight excluding hydrogens is 260 g/mol. The minimum absolute atomic E-state index is 0.291. The van der Waals surface area contributed by atoms with E-state index in [0.29, 0.717) is 11.5 Å². The van der Waals surface area contributed by atoms with Crippen LogP contribution >= 0.6 is 0 Å². The summed E-state index contributed by atoms with van der Waals surface area (Å²) < 4.78 is 5.20. The van der Waals surface area contributed by atoms with Crippen molar-refractivity contribution in [3.63, 3.8) is 0 Å². The number of hydrogen-bond acceptors (Lipinski definition) is 3. The maximum atomic E-state index is 5.20. The van der Waals surface area contributed by atoms with Gasteiger partial charge in [0.25, 0.3) is 0 Å². The van der Waals surface area contributed by atoms with Gasteiger partial charge in [-0.25, -0.2) is 0 Å². The van der Waals surface area contributed by atoms with Crippen LogP contribution in [0.4, 0.5) is 0 Å². The maximum Gasteiger partial charge on any atom is 0.0467 e. The third-order valence-electron chi connectivity index (χ3n) is 4.61. The van der Waals surface area contributed by atoms with Crippen molar-refractivity contribution in [2.75, 3.05) is 40.4 Å². The van der Waals surface area contributed by atoms with Crippen molar-refractivity contribution in [3.8, 4) is 0 Å². The van der Waals surface area contributed by atoms with Gasteiger partial charge in [0.1, 0.15) is 0 Å². The smallest absolute Gasteiger partial charge is 0.0467 e. The molecule has 0 spiro atoms. The van der Waals surface area contributed by atoms with E-state index in [9.17, 15) is 0 Å². The average molecular weight is 301 g/mol. The van der Waals surface area contributed by atoms with Crippen LogP contribution in [-0.4, -0.2) is 51.3 Å². The van der Waals surface area contributed by atoms with Crippen LogP contribution in [0.15, 0.2) is 0 Å². The molecule has 0 saturated carbocycles. The van der Waals surface area contributed by atoms with E-state index in [4.69, 9.17) is 4.74 Å². The molecule has 0 rings (SSSR count). The van der Waals surface area contributed by atoms with Gasteiger partial charge >= 0.3 is 0 Å². The molecule has 21 heavy (non-hydrogen) atoms. The molecule has 0 aliphatic heterocycles. The van der Waals surface area contributed by atoms with Crippen LogP contribution in [0.3, 0.4) is 0 Å². The van der Waals surface area contributed by atoms with E-state index in [-0.39, 0.29) is 0 Å². The lowest BCUT2D eigenvalue weighted by Gasteiger charge is -2.32. The Hall–Kier alpha value is -0.120. The van der Waals surface area contributed by atoms with Crippen LogP contribution < -0.4 is 5.32 Å². The summed E-state index contributed by atoms with van der Waals surface area (Å²) in [6.07, 6.45) is 4.99. The number of ether oxygens (including phenoxy) is 1. The highest BCUT2D eigenvalue weighted by atomic mass is 16.5. The van der Waals surface area contributed by atoms with Crippen molar-refractivity contribution in [3.05, 3.63) is 0 Å². The summed E-state index contributed by atoms with van der Waals surface area (Å²) in [7, 11) is 4.02. The second-order valence-electron chi connectivity index (χ2n) is 7.60. The van der Waals surface area contributed by atoms with Gasteiger partial charge in [0.15, 0.2) is 0 Å². The maximum absolute atomic E-state index is 5.20. The first-order valence-corrected chi connectivity index (χ1v) is 8.70. The van der Waals surface area contributed by atoms with Crippen LogP contribution in [0, 0.1) is 11.3 Å². The topological polar surface area (TPSA) is 24.5 Å². The third kappa shape index (κ3) is 11.1. The van der Waals surface area contributed by atoms with Crippen LogP contribution in [0.2, 0.25) is 0 Å². The van der Waals surface area contributed by atoms with E-state index < -0.39 is 0 Å². The van der Waals surface area contributed by atoms with Gasteiger partial charge in [-0.15, -0.1) is 0 Å². The molecule has 3 nitrogen and oxygen atoms in total. The molecule has 0 aliphatic rings. The highest BCUT2D eigenvalue weighted by Crippen LogP contribution is 2.24. The number of nitrogens with zero attached hydrogens (tertiary/aromatic N) is 1. The lowest BCUT2D eigenvalue weighted by molar-refractivity contribution is 0.131.